The fraction of sp³-hybridized carbons (Fsp3) is 0.462. The van der Waals surface area contributed by atoms with Crippen LogP contribution in [-0.2, 0) is 4.79 Å². The van der Waals surface area contributed by atoms with Gasteiger partial charge < -0.3 is 4.79 Å². The van der Waals surface area contributed by atoms with Gasteiger partial charge in [-0.3, -0.25) is 4.90 Å². The Kier molecular flexibility index (Phi) is 3.52. The highest BCUT2D eigenvalue weighted by molar-refractivity contribution is 5.61. The molecule has 1 atom stereocenters. The van der Waals surface area contributed by atoms with E-state index in [0.29, 0.717) is 13.0 Å². The molecule has 92 valence electrons. The van der Waals surface area contributed by atoms with Crippen molar-refractivity contribution in [3.05, 3.63) is 35.9 Å². The van der Waals surface area contributed by atoms with Crippen LogP contribution in [0, 0.1) is 0 Å². The van der Waals surface area contributed by atoms with Crippen LogP contribution in [0.2, 0.25) is 0 Å². The molecule has 0 aromatic heterocycles. The molecule has 1 aromatic rings. The molecule has 0 bridgehead atoms. The number of nitrogens with zero attached hydrogens (tertiary/aromatic N) is 1. The summed E-state index contributed by atoms with van der Waals surface area (Å²) in [5.41, 5.74) is 0.778. The SMILES string of the molecule is O=CC(c1ccccc1)N1CCCC(F)(F)C1. The van der Waals surface area contributed by atoms with Gasteiger partial charge in [0.25, 0.3) is 5.92 Å². The number of likely N-dealkylation sites (tertiary alicyclic amines) is 1. The smallest absolute Gasteiger partial charge is 0.260 e. The number of rotatable bonds is 3. The van der Waals surface area contributed by atoms with Gasteiger partial charge >= 0.3 is 0 Å². The summed E-state index contributed by atoms with van der Waals surface area (Å²) in [5, 5.41) is 0. The summed E-state index contributed by atoms with van der Waals surface area (Å²) >= 11 is 0. The van der Waals surface area contributed by atoms with Crippen LogP contribution < -0.4 is 0 Å². The Morgan fingerprint density at radius 1 is 1.29 bits per heavy atom. The maximum absolute atomic E-state index is 13.3. The third-order valence-electron chi connectivity index (χ3n) is 3.09. The van der Waals surface area contributed by atoms with Gasteiger partial charge in [0.2, 0.25) is 0 Å². The van der Waals surface area contributed by atoms with Crippen molar-refractivity contribution >= 4 is 6.29 Å². The van der Waals surface area contributed by atoms with Crippen molar-refractivity contribution in [2.75, 3.05) is 13.1 Å². The monoisotopic (exact) mass is 239 g/mol. The minimum absolute atomic E-state index is 0.0795. The number of hydrogen-bond acceptors (Lipinski definition) is 2. The maximum atomic E-state index is 13.3. The van der Waals surface area contributed by atoms with Crippen LogP contribution in [0.15, 0.2) is 30.3 Å². The molecule has 1 unspecified atom stereocenters. The molecule has 0 N–H and O–H groups in total. The van der Waals surface area contributed by atoms with Gasteiger partial charge in [-0.2, -0.15) is 0 Å². The summed E-state index contributed by atoms with van der Waals surface area (Å²) in [5.74, 6) is -2.67. The number of benzene rings is 1. The molecule has 0 radical (unpaired) electrons. The van der Waals surface area contributed by atoms with E-state index in [0.717, 1.165) is 11.8 Å². The van der Waals surface area contributed by atoms with E-state index in [2.05, 4.69) is 0 Å². The van der Waals surface area contributed by atoms with Crippen molar-refractivity contribution in [2.24, 2.45) is 0 Å². The lowest BCUT2D eigenvalue weighted by Crippen LogP contribution is -2.44. The number of piperidine rings is 1. The standard InChI is InChI=1S/C13H15F2NO/c14-13(15)7-4-8-16(10-13)12(9-17)11-5-2-1-3-6-11/h1-3,5-6,9,12H,4,7-8,10H2. The Morgan fingerprint density at radius 3 is 2.59 bits per heavy atom. The zero-order valence-corrected chi connectivity index (χ0v) is 9.48. The largest absolute Gasteiger partial charge is 0.301 e. The topological polar surface area (TPSA) is 20.3 Å². The lowest BCUT2D eigenvalue weighted by Gasteiger charge is -2.35. The van der Waals surface area contributed by atoms with Crippen molar-refractivity contribution < 1.29 is 13.6 Å². The van der Waals surface area contributed by atoms with E-state index in [9.17, 15) is 13.6 Å². The molecule has 1 fully saturated rings. The predicted molar refractivity (Wildman–Crippen MR) is 61.0 cm³/mol. The summed E-state index contributed by atoms with van der Waals surface area (Å²) in [7, 11) is 0. The highest BCUT2D eigenvalue weighted by Gasteiger charge is 2.37. The average molecular weight is 239 g/mol. The summed E-state index contributed by atoms with van der Waals surface area (Å²) < 4.78 is 26.6. The van der Waals surface area contributed by atoms with Crippen molar-refractivity contribution in [3.8, 4) is 0 Å². The van der Waals surface area contributed by atoms with E-state index in [4.69, 9.17) is 0 Å². The van der Waals surface area contributed by atoms with E-state index in [-0.39, 0.29) is 13.0 Å². The Morgan fingerprint density at radius 2 is 2.00 bits per heavy atom. The Bertz CT molecular complexity index is 380. The first-order valence-electron chi connectivity index (χ1n) is 5.74. The molecular formula is C13H15F2NO. The molecule has 17 heavy (non-hydrogen) atoms. The van der Waals surface area contributed by atoms with Gasteiger partial charge in [0.15, 0.2) is 0 Å². The highest BCUT2D eigenvalue weighted by Crippen LogP contribution is 2.31. The third kappa shape index (κ3) is 2.88. The van der Waals surface area contributed by atoms with Gasteiger partial charge in [-0.25, -0.2) is 8.78 Å². The molecule has 1 saturated heterocycles. The number of halogens is 2. The van der Waals surface area contributed by atoms with Gasteiger partial charge in [-0.15, -0.1) is 0 Å². The first-order chi connectivity index (χ1) is 8.12. The molecule has 0 amide bonds. The molecule has 1 aromatic carbocycles. The van der Waals surface area contributed by atoms with Crippen LogP contribution in [0.5, 0.6) is 0 Å². The number of carbonyl (C=O) groups is 1. The number of carbonyl (C=O) groups excluding carboxylic acids is 1. The maximum Gasteiger partial charge on any atom is 0.260 e. The van der Waals surface area contributed by atoms with Crippen LogP contribution in [-0.4, -0.2) is 30.2 Å². The van der Waals surface area contributed by atoms with Crippen LogP contribution >= 0.6 is 0 Å². The molecular weight excluding hydrogens is 224 g/mol. The van der Waals surface area contributed by atoms with Gasteiger partial charge in [0, 0.05) is 6.42 Å². The molecule has 0 spiro atoms. The fourth-order valence-electron chi connectivity index (χ4n) is 2.26. The van der Waals surface area contributed by atoms with Gasteiger partial charge in [-0.1, -0.05) is 30.3 Å². The number of aldehydes is 1. The minimum atomic E-state index is -2.67. The van der Waals surface area contributed by atoms with E-state index in [1.54, 1.807) is 17.0 Å². The molecule has 0 saturated carbocycles. The van der Waals surface area contributed by atoms with E-state index in [1.807, 2.05) is 18.2 Å². The zero-order chi connectivity index (χ0) is 12.3. The lowest BCUT2D eigenvalue weighted by molar-refractivity contribution is -0.118. The van der Waals surface area contributed by atoms with Crippen LogP contribution in [0.3, 0.4) is 0 Å². The number of alkyl halides is 2. The van der Waals surface area contributed by atoms with Crippen molar-refractivity contribution in [1.82, 2.24) is 4.90 Å². The Balaban J connectivity index is 2.16. The van der Waals surface area contributed by atoms with E-state index < -0.39 is 12.0 Å². The molecule has 1 aliphatic heterocycles. The second-order valence-electron chi connectivity index (χ2n) is 4.42. The molecule has 4 heteroatoms. The summed E-state index contributed by atoms with van der Waals surface area (Å²) in [6, 6.07) is 8.51. The summed E-state index contributed by atoms with van der Waals surface area (Å²) in [6.45, 7) is 0.221. The van der Waals surface area contributed by atoms with Crippen molar-refractivity contribution in [1.29, 1.82) is 0 Å². The second-order valence-corrected chi connectivity index (χ2v) is 4.42. The zero-order valence-electron chi connectivity index (χ0n) is 9.48. The normalized spacial score (nSPS) is 22.0. The Hall–Kier alpha value is -1.29. The van der Waals surface area contributed by atoms with Crippen LogP contribution in [0.4, 0.5) is 8.78 Å². The highest BCUT2D eigenvalue weighted by atomic mass is 19.3. The van der Waals surface area contributed by atoms with Gasteiger partial charge in [0.05, 0.1) is 12.6 Å². The first-order valence-corrected chi connectivity index (χ1v) is 5.74. The van der Waals surface area contributed by atoms with Gasteiger partial charge in [-0.05, 0) is 18.5 Å². The fourth-order valence-corrected chi connectivity index (χ4v) is 2.26. The third-order valence-corrected chi connectivity index (χ3v) is 3.09. The number of hydrogen-bond donors (Lipinski definition) is 0. The lowest BCUT2D eigenvalue weighted by atomic mass is 10.0. The minimum Gasteiger partial charge on any atom is -0.301 e. The average Bonchev–Trinajstić information content (AvgIpc) is 2.30. The summed E-state index contributed by atoms with van der Waals surface area (Å²) in [6.07, 6.45) is 1.10. The van der Waals surface area contributed by atoms with Crippen LogP contribution in [0.1, 0.15) is 24.4 Å². The van der Waals surface area contributed by atoms with E-state index >= 15 is 0 Å². The molecule has 2 rings (SSSR count). The molecule has 0 aliphatic carbocycles. The molecule has 2 nitrogen and oxygen atoms in total. The molecule has 1 aliphatic rings. The van der Waals surface area contributed by atoms with Crippen molar-refractivity contribution in [2.45, 2.75) is 24.8 Å². The Labute approximate surface area is 99.2 Å². The molecule has 1 heterocycles. The first kappa shape index (κ1) is 12.2. The van der Waals surface area contributed by atoms with Gasteiger partial charge in [0.1, 0.15) is 6.29 Å². The summed E-state index contributed by atoms with van der Waals surface area (Å²) in [4.78, 5) is 12.7. The quantitative estimate of drug-likeness (QED) is 0.756. The second kappa shape index (κ2) is 4.92. The predicted octanol–water partition coefficient (Wildman–Crippen LogP) is 2.66. The van der Waals surface area contributed by atoms with Crippen molar-refractivity contribution in [3.63, 3.8) is 0 Å². The van der Waals surface area contributed by atoms with Crippen LogP contribution in [0.25, 0.3) is 0 Å². The van der Waals surface area contributed by atoms with E-state index in [1.165, 1.54) is 0 Å².